The summed E-state index contributed by atoms with van der Waals surface area (Å²) < 4.78 is 53.2. The highest BCUT2D eigenvalue weighted by Crippen LogP contribution is 2.31. The number of carbonyl (C=O) groups excluding carboxylic acids is 3. The third-order valence-electron chi connectivity index (χ3n) is 4.30. The molecular weight excluding hydrogens is 445 g/mol. The summed E-state index contributed by atoms with van der Waals surface area (Å²) in [5.41, 5.74) is -0.542. The van der Waals surface area contributed by atoms with Crippen LogP contribution < -0.4 is 20.1 Å². The summed E-state index contributed by atoms with van der Waals surface area (Å²) in [4.78, 5) is 35.8. The molecule has 11 heteroatoms. The molecule has 0 aliphatic rings. The summed E-state index contributed by atoms with van der Waals surface area (Å²) >= 11 is 0. The minimum absolute atomic E-state index is 0.00189. The van der Waals surface area contributed by atoms with Crippen LogP contribution in [0.2, 0.25) is 0 Å². The molecule has 0 radical (unpaired) electrons. The number of methoxy groups -OCH3 is 2. The highest BCUT2D eigenvalue weighted by atomic mass is 19.4. The molecule has 0 aliphatic heterocycles. The van der Waals surface area contributed by atoms with Crippen LogP contribution in [-0.4, -0.2) is 38.6 Å². The normalized spacial score (nSPS) is 10.8. The highest BCUT2D eigenvalue weighted by Gasteiger charge is 2.30. The summed E-state index contributed by atoms with van der Waals surface area (Å²) in [6, 6.07) is 9.03. The Bertz CT molecular complexity index is 994. The smallest absolute Gasteiger partial charge is 0.416 e. The third kappa shape index (κ3) is 8.36. The molecule has 0 saturated heterocycles. The predicted octanol–water partition coefficient (Wildman–Crippen LogP) is 4.01. The lowest BCUT2D eigenvalue weighted by Gasteiger charge is -2.12. The fourth-order valence-corrected chi connectivity index (χ4v) is 2.71. The second-order valence-corrected chi connectivity index (χ2v) is 6.76. The fourth-order valence-electron chi connectivity index (χ4n) is 2.71. The summed E-state index contributed by atoms with van der Waals surface area (Å²) in [7, 11) is 2.90. The zero-order chi connectivity index (χ0) is 24.4. The number of carbonyl (C=O) groups is 3. The van der Waals surface area contributed by atoms with E-state index in [0.717, 1.165) is 12.1 Å². The Morgan fingerprint density at radius 3 is 2.33 bits per heavy atom. The first-order valence-corrected chi connectivity index (χ1v) is 9.77. The lowest BCUT2D eigenvalue weighted by Crippen LogP contribution is -2.21. The summed E-state index contributed by atoms with van der Waals surface area (Å²) in [6.45, 7) is -0.546. The van der Waals surface area contributed by atoms with Crippen LogP contribution in [0.4, 0.5) is 24.5 Å². The molecule has 2 rings (SSSR count). The summed E-state index contributed by atoms with van der Waals surface area (Å²) in [5, 5.41) is 4.89. The van der Waals surface area contributed by atoms with Gasteiger partial charge in [-0.2, -0.15) is 13.2 Å². The zero-order valence-electron chi connectivity index (χ0n) is 18.0. The summed E-state index contributed by atoms with van der Waals surface area (Å²) in [6.07, 6.45) is -4.69. The molecule has 0 unspecified atom stereocenters. The van der Waals surface area contributed by atoms with E-state index < -0.39 is 36.1 Å². The van der Waals surface area contributed by atoms with Gasteiger partial charge in [-0.1, -0.05) is 6.07 Å². The van der Waals surface area contributed by atoms with Crippen LogP contribution >= 0.6 is 0 Å². The number of hydrogen-bond donors (Lipinski definition) is 2. The van der Waals surface area contributed by atoms with Gasteiger partial charge in [0.1, 0.15) is 11.5 Å². The number of esters is 1. The number of hydrogen-bond acceptors (Lipinski definition) is 6. The maximum Gasteiger partial charge on any atom is 0.416 e. The van der Waals surface area contributed by atoms with Crippen LogP contribution in [0.25, 0.3) is 0 Å². The molecule has 8 nitrogen and oxygen atoms in total. The molecular formula is C22H23F3N2O6. The van der Waals surface area contributed by atoms with Crippen molar-refractivity contribution in [3.05, 3.63) is 48.0 Å². The van der Waals surface area contributed by atoms with Gasteiger partial charge < -0.3 is 24.8 Å². The lowest BCUT2D eigenvalue weighted by molar-refractivity contribution is -0.147. The van der Waals surface area contributed by atoms with Gasteiger partial charge in [-0.25, -0.2) is 0 Å². The van der Waals surface area contributed by atoms with Gasteiger partial charge in [0.15, 0.2) is 6.61 Å². The van der Waals surface area contributed by atoms with Gasteiger partial charge in [0.25, 0.3) is 5.91 Å². The minimum atomic E-state index is -4.52. The summed E-state index contributed by atoms with van der Waals surface area (Å²) in [5.74, 6) is -0.967. The Hall–Kier alpha value is -3.76. The molecule has 0 fully saturated rings. The molecule has 2 amide bonds. The first kappa shape index (κ1) is 25.5. The number of ether oxygens (including phenoxy) is 3. The van der Waals surface area contributed by atoms with Gasteiger partial charge in [-0.05, 0) is 36.8 Å². The molecule has 178 valence electrons. The quantitative estimate of drug-likeness (QED) is 0.511. The van der Waals surface area contributed by atoms with Gasteiger partial charge in [0.05, 0.1) is 25.5 Å². The van der Waals surface area contributed by atoms with Gasteiger partial charge >= 0.3 is 12.1 Å². The lowest BCUT2D eigenvalue weighted by atomic mass is 10.2. The topological polar surface area (TPSA) is 103 Å². The molecule has 0 bridgehead atoms. The zero-order valence-corrected chi connectivity index (χ0v) is 18.0. The first-order valence-electron chi connectivity index (χ1n) is 9.77. The van der Waals surface area contributed by atoms with Crippen LogP contribution in [0.1, 0.15) is 24.8 Å². The Balaban J connectivity index is 1.73. The van der Waals surface area contributed by atoms with Crippen molar-refractivity contribution >= 4 is 29.2 Å². The monoisotopic (exact) mass is 468 g/mol. The van der Waals surface area contributed by atoms with Crippen molar-refractivity contribution in [2.45, 2.75) is 25.4 Å². The van der Waals surface area contributed by atoms with Crippen LogP contribution in [-0.2, 0) is 25.3 Å². The van der Waals surface area contributed by atoms with Crippen molar-refractivity contribution in [3.63, 3.8) is 0 Å². The molecule has 2 aromatic carbocycles. The SMILES string of the molecule is COc1ccc(OC)c(NC(=O)COC(=O)CCCC(=O)Nc2cccc(C(F)(F)F)c2)c1. The van der Waals surface area contributed by atoms with E-state index in [0.29, 0.717) is 17.2 Å². The van der Waals surface area contributed by atoms with Crippen LogP contribution in [0.5, 0.6) is 11.5 Å². The number of nitrogens with one attached hydrogen (secondary N) is 2. The van der Waals surface area contributed by atoms with E-state index in [1.165, 1.54) is 26.4 Å². The second-order valence-electron chi connectivity index (χ2n) is 6.76. The van der Waals surface area contributed by atoms with E-state index in [4.69, 9.17) is 14.2 Å². The van der Waals surface area contributed by atoms with Crippen molar-refractivity contribution < 1.29 is 41.8 Å². The van der Waals surface area contributed by atoms with Crippen molar-refractivity contribution in [1.29, 1.82) is 0 Å². The highest BCUT2D eigenvalue weighted by molar-refractivity contribution is 5.94. The number of anilines is 2. The Labute approximate surface area is 188 Å². The second kappa shape index (κ2) is 11.7. The largest absolute Gasteiger partial charge is 0.497 e. The molecule has 0 atom stereocenters. The average molecular weight is 468 g/mol. The molecule has 0 aromatic heterocycles. The maximum atomic E-state index is 12.7. The molecule has 2 aromatic rings. The van der Waals surface area contributed by atoms with E-state index in [1.807, 2.05) is 0 Å². The minimum Gasteiger partial charge on any atom is -0.497 e. The fraction of sp³-hybridized carbons (Fsp3) is 0.318. The molecule has 0 heterocycles. The molecule has 0 spiro atoms. The first-order chi connectivity index (χ1) is 15.6. The van der Waals surface area contributed by atoms with Gasteiger partial charge in [-0.15, -0.1) is 0 Å². The van der Waals surface area contributed by atoms with E-state index >= 15 is 0 Å². The maximum absolute atomic E-state index is 12.7. The molecule has 0 aliphatic carbocycles. The van der Waals surface area contributed by atoms with Gasteiger partial charge in [0, 0.05) is 24.6 Å². The van der Waals surface area contributed by atoms with Crippen LogP contribution in [0.15, 0.2) is 42.5 Å². The van der Waals surface area contributed by atoms with E-state index in [2.05, 4.69) is 10.6 Å². The molecule has 0 saturated carbocycles. The Morgan fingerprint density at radius 2 is 1.67 bits per heavy atom. The average Bonchev–Trinajstić information content (AvgIpc) is 2.77. The van der Waals surface area contributed by atoms with Crippen LogP contribution in [0.3, 0.4) is 0 Å². The third-order valence-corrected chi connectivity index (χ3v) is 4.30. The Kier molecular flexibility index (Phi) is 9.08. The predicted molar refractivity (Wildman–Crippen MR) is 113 cm³/mol. The number of rotatable bonds is 10. The number of halogens is 3. The number of amides is 2. The van der Waals surface area contributed by atoms with E-state index in [9.17, 15) is 27.6 Å². The van der Waals surface area contributed by atoms with Crippen molar-refractivity contribution in [3.8, 4) is 11.5 Å². The number of benzene rings is 2. The van der Waals surface area contributed by atoms with Crippen LogP contribution in [0, 0.1) is 0 Å². The van der Waals surface area contributed by atoms with Gasteiger partial charge in [-0.3, -0.25) is 14.4 Å². The Morgan fingerprint density at radius 1 is 0.909 bits per heavy atom. The standard InChI is InChI=1S/C22H23F3N2O6/c1-31-16-9-10-18(32-2)17(12-16)27-20(29)13-33-21(30)8-4-7-19(28)26-15-6-3-5-14(11-15)22(23,24)25/h3,5-6,9-12H,4,7-8,13H2,1-2H3,(H,26,28)(H,27,29). The molecule has 2 N–H and O–H groups in total. The van der Waals surface area contributed by atoms with Crippen molar-refractivity contribution in [2.75, 3.05) is 31.5 Å². The van der Waals surface area contributed by atoms with E-state index in [-0.39, 0.29) is 24.9 Å². The number of alkyl halides is 3. The van der Waals surface area contributed by atoms with Crippen molar-refractivity contribution in [2.24, 2.45) is 0 Å². The molecule has 33 heavy (non-hydrogen) atoms. The van der Waals surface area contributed by atoms with Crippen molar-refractivity contribution in [1.82, 2.24) is 0 Å². The van der Waals surface area contributed by atoms with E-state index in [1.54, 1.807) is 18.2 Å². The van der Waals surface area contributed by atoms with Gasteiger partial charge in [0.2, 0.25) is 5.91 Å².